The quantitative estimate of drug-likeness (QED) is 0.557. The molecule has 1 heterocycles. The summed E-state index contributed by atoms with van der Waals surface area (Å²) in [6, 6.07) is 8.68. The van der Waals surface area contributed by atoms with Crippen molar-refractivity contribution in [2.24, 2.45) is 0 Å². The molecule has 0 bridgehead atoms. The lowest BCUT2D eigenvalue weighted by molar-refractivity contribution is -0.274. The van der Waals surface area contributed by atoms with Gasteiger partial charge in [-0.25, -0.2) is 4.98 Å². The average molecular weight is 382 g/mol. The van der Waals surface area contributed by atoms with E-state index < -0.39 is 18.0 Å². The molecule has 27 heavy (non-hydrogen) atoms. The molecule has 6 nitrogen and oxygen atoms in total. The molecule has 2 aromatic rings. The van der Waals surface area contributed by atoms with Gasteiger partial charge in [-0.3, -0.25) is 4.79 Å². The molecule has 9 heteroatoms. The Morgan fingerprint density at radius 2 is 1.96 bits per heavy atom. The number of amides is 1. The van der Waals surface area contributed by atoms with Gasteiger partial charge in [0.15, 0.2) is 0 Å². The number of benzene rings is 1. The van der Waals surface area contributed by atoms with E-state index in [9.17, 15) is 18.0 Å². The summed E-state index contributed by atoms with van der Waals surface area (Å²) in [5, 5.41) is 2.56. The maximum Gasteiger partial charge on any atom is 0.573 e. The summed E-state index contributed by atoms with van der Waals surface area (Å²) in [7, 11) is 1.52. The number of pyridine rings is 1. The van der Waals surface area contributed by atoms with Crippen LogP contribution in [0.25, 0.3) is 6.08 Å². The van der Waals surface area contributed by atoms with Crippen LogP contribution in [0.4, 0.5) is 18.9 Å². The van der Waals surface area contributed by atoms with E-state index in [0.717, 1.165) is 12.1 Å². The zero-order valence-electron chi connectivity index (χ0n) is 14.3. The van der Waals surface area contributed by atoms with Gasteiger partial charge in [0.25, 0.3) is 0 Å². The largest absolute Gasteiger partial charge is 0.573 e. The lowest BCUT2D eigenvalue weighted by Gasteiger charge is -2.11. The number of para-hydroxylation sites is 1. The van der Waals surface area contributed by atoms with Crippen LogP contribution in [0.1, 0.15) is 5.56 Å². The fourth-order valence-corrected chi connectivity index (χ4v) is 2.00. The van der Waals surface area contributed by atoms with Crippen molar-refractivity contribution in [3.05, 3.63) is 54.2 Å². The Morgan fingerprint density at radius 3 is 2.70 bits per heavy atom. The normalized spacial score (nSPS) is 11.4. The first kappa shape index (κ1) is 20.2. The van der Waals surface area contributed by atoms with E-state index in [1.165, 1.54) is 37.6 Å². The first-order valence-corrected chi connectivity index (χ1v) is 7.79. The minimum atomic E-state index is -4.82. The Morgan fingerprint density at radius 1 is 1.19 bits per heavy atom. The number of hydrogen-bond donors (Lipinski definition) is 1. The lowest BCUT2D eigenvalue weighted by Crippen LogP contribution is -2.17. The Kier molecular flexibility index (Phi) is 7.18. The summed E-state index contributed by atoms with van der Waals surface area (Å²) in [5.74, 6) is -0.766. The van der Waals surface area contributed by atoms with Crippen LogP contribution in [0.2, 0.25) is 0 Å². The minimum absolute atomic E-state index is 0.104. The molecule has 1 aromatic carbocycles. The summed E-state index contributed by atoms with van der Waals surface area (Å²) < 4.78 is 51.5. The summed E-state index contributed by atoms with van der Waals surface area (Å²) in [6.45, 7) is 0.592. The number of hydrogen-bond acceptors (Lipinski definition) is 5. The fraction of sp³-hybridized carbons (Fsp3) is 0.222. The van der Waals surface area contributed by atoms with Crippen LogP contribution in [0.5, 0.6) is 11.6 Å². The molecule has 0 spiro atoms. The van der Waals surface area contributed by atoms with Gasteiger partial charge >= 0.3 is 6.36 Å². The van der Waals surface area contributed by atoms with Crippen LogP contribution in [-0.4, -0.2) is 37.6 Å². The van der Waals surface area contributed by atoms with Crippen molar-refractivity contribution in [3.63, 3.8) is 0 Å². The van der Waals surface area contributed by atoms with Crippen molar-refractivity contribution in [1.29, 1.82) is 0 Å². The van der Waals surface area contributed by atoms with Crippen LogP contribution >= 0.6 is 0 Å². The first-order valence-electron chi connectivity index (χ1n) is 7.79. The molecule has 0 aliphatic rings. The molecule has 0 aliphatic heterocycles. The van der Waals surface area contributed by atoms with Gasteiger partial charge in [-0.1, -0.05) is 18.2 Å². The van der Waals surface area contributed by atoms with Crippen molar-refractivity contribution in [2.45, 2.75) is 6.36 Å². The van der Waals surface area contributed by atoms with Crippen LogP contribution in [0, 0.1) is 0 Å². The first-order chi connectivity index (χ1) is 12.9. The van der Waals surface area contributed by atoms with Gasteiger partial charge in [-0.15, -0.1) is 13.2 Å². The molecule has 1 aromatic heterocycles. The summed E-state index contributed by atoms with van der Waals surface area (Å²) in [4.78, 5) is 16.1. The number of anilines is 1. The van der Waals surface area contributed by atoms with Gasteiger partial charge < -0.3 is 19.5 Å². The number of nitrogens with one attached hydrogen (secondary N) is 1. The van der Waals surface area contributed by atoms with E-state index in [1.54, 1.807) is 12.1 Å². The molecule has 0 unspecified atom stereocenters. The summed E-state index contributed by atoms with van der Waals surface area (Å²) in [5.41, 5.74) is 0.427. The lowest BCUT2D eigenvalue weighted by atomic mass is 10.2. The standard InChI is InChI=1S/C18H17F3N2O4/c1-25-11-12-26-17-14(6-4-10-22-17)23-16(24)9-8-13-5-2-3-7-15(13)27-18(19,20)21/h2-10H,11-12H2,1H3,(H,23,24)/b9-8+. The van der Waals surface area contributed by atoms with E-state index in [4.69, 9.17) is 9.47 Å². The molecule has 0 aliphatic carbocycles. The average Bonchev–Trinajstić information content (AvgIpc) is 2.61. The topological polar surface area (TPSA) is 69.7 Å². The molecule has 0 radical (unpaired) electrons. The number of nitrogens with zero attached hydrogens (tertiary/aromatic N) is 1. The van der Waals surface area contributed by atoms with Crippen LogP contribution in [0.15, 0.2) is 48.7 Å². The second kappa shape index (κ2) is 9.58. The van der Waals surface area contributed by atoms with Gasteiger partial charge in [-0.2, -0.15) is 0 Å². The predicted octanol–water partition coefficient (Wildman–Crippen LogP) is 3.66. The van der Waals surface area contributed by atoms with E-state index in [1.807, 2.05) is 0 Å². The number of carbonyl (C=O) groups is 1. The van der Waals surface area contributed by atoms with Gasteiger partial charge in [0.2, 0.25) is 11.8 Å². The van der Waals surface area contributed by atoms with Crippen molar-refractivity contribution in [2.75, 3.05) is 25.6 Å². The number of carbonyl (C=O) groups excluding carboxylic acids is 1. The van der Waals surface area contributed by atoms with Crippen molar-refractivity contribution in [3.8, 4) is 11.6 Å². The molecule has 0 fully saturated rings. The smallest absolute Gasteiger partial charge is 0.474 e. The van der Waals surface area contributed by atoms with Crippen molar-refractivity contribution < 1.29 is 32.2 Å². The molecular weight excluding hydrogens is 365 g/mol. The highest BCUT2D eigenvalue weighted by Gasteiger charge is 2.31. The fourth-order valence-electron chi connectivity index (χ4n) is 2.00. The van der Waals surface area contributed by atoms with Crippen molar-refractivity contribution >= 4 is 17.7 Å². The van der Waals surface area contributed by atoms with Crippen LogP contribution in [-0.2, 0) is 9.53 Å². The second-order valence-electron chi connectivity index (χ2n) is 5.11. The Labute approximate surface area is 153 Å². The van der Waals surface area contributed by atoms with Gasteiger partial charge in [0.1, 0.15) is 18.0 Å². The Balaban J connectivity index is 2.07. The van der Waals surface area contributed by atoms with E-state index in [0.29, 0.717) is 12.3 Å². The maximum atomic E-state index is 12.4. The zero-order valence-corrected chi connectivity index (χ0v) is 14.3. The number of alkyl halides is 3. The molecular formula is C18H17F3N2O4. The second-order valence-corrected chi connectivity index (χ2v) is 5.11. The minimum Gasteiger partial charge on any atom is -0.474 e. The number of methoxy groups -OCH3 is 1. The van der Waals surface area contributed by atoms with Gasteiger partial charge in [0, 0.05) is 24.9 Å². The molecule has 0 saturated carbocycles. The molecule has 1 N–H and O–H groups in total. The zero-order chi connectivity index (χ0) is 19.7. The highest BCUT2D eigenvalue weighted by molar-refractivity contribution is 6.02. The monoisotopic (exact) mass is 382 g/mol. The SMILES string of the molecule is COCCOc1ncccc1NC(=O)/C=C/c1ccccc1OC(F)(F)F. The Hall–Kier alpha value is -3.07. The van der Waals surface area contributed by atoms with E-state index in [2.05, 4.69) is 15.0 Å². The molecule has 0 atom stereocenters. The maximum absolute atomic E-state index is 12.4. The highest BCUT2D eigenvalue weighted by Crippen LogP contribution is 2.27. The number of ether oxygens (including phenoxy) is 3. The predicted molar refractivity (Wildman–Crippen MR) is 92.4 cm³/mol. The molecule has 144 valence electrons. The van der Waals surface area contributed by atoms with Crippen LogP contribution in [0.3, 0.4) is 0 Å². The number of aromatic nitrogens is 1. The summed E-state index contributed by atoms with van der Waals surface area (Å²) >= 11 is 0. The van der Waals surface area contributed by atoms with E-state index >= 15 is 0 Å². The molecule has 0 saturated heterocycles. The number of rotatable bonds is 8. The Bertz CT molecular complexity index is 794. The molecule has 2 rings (SSSR count). The highest BCUT2D eigenvalue weighted by atomic mass is 19.4. The van der Waals surface area contributed by atoms with Crippen LogP contribution < -0.4 is 14.8 Å². The molecule has 1 amide bonds. The van der Waals surface area contributed by atoms with Gasteiger partial charge in [-0.05, 0) is 24.3 Å². The van der Waals surface area contributed by atoms with Gasteiger partial charge in [0.05, 0.1) is 6.61 Å². The third-order valence-corrected chi connectivity index (χ3v) is 3.11. The number of halogens is 3. The van der Waals surface area contributed by atoms with Crippen molar-refractivity contribution in [1.82, 2.24) is 4.98 Å². The third kappa shape index (κ3) is 6.98. The van der Waals surface area contributed by atoms with E-state index in [-0.39, 0.29) is 18.1 Å². The third-order valence-electron chi connectivity index (χ3n) is 3.11. The summed E-state index contributed by atoms with van der Waals surface area (Å²) in [6.07, 6.45) is -1.02.